The van der Waals surface area contributed by atoms with Crippen molar-refractivity contribution in [1.82, 2.24) is 5.32 Å². The second kappa shape index (κ2) is 9.82. The van der Waals surface area contributed by atoms with Crippen molar-refractivity contribution >= 4 is 11.6 Å². The van der Waals surface area contributed by atoms with Crippen molar-refractivity contribution in [2.24, 2.45) is 5.92 Å². The molecular weight excluding hydrogens is 360 g/mol. The number of hydrogen-bond donors (Lipinski definition) is 1. The van der Waals surface area contributed by atoms with E-state index in [0.717, 1.165) is 35.9 Å². The zero-order valence-electron chi connectivity index (χ0n) is 18.2. The number of piperidine rings is 1. The van der Waals surface area contributed by atoms with Crippen LogP contribution >= 0.6 is 0 Å². The van der Waals surface area contributed by atoms with Crippen LogP contribution in [0, 0.1) is 12.8 Å². The molecule has 2 atom stereocenters. The molecule has 1 saturated heterocycles. The number of anilines is 1. The van der Waals surface area contributed by atoms with Crippen LogP contribution < -0.4 is 15.0 Å². The summed E-state index contributed by atoms with van der Waals surface area (Å²) in [5.74, 6) is 1.49. The SMILES string of the molecule is CC[C@H](Oc1cccc(C)c1)C(=O)N[C@H](C)c1ccc(N2CCC(C)CC2)cc1. The van der Waals surface area contributed by atoms with Crippen molar-refractivity contribution in [2.75, 3.05) is 18.0 Å². The number of carbonyl (C=O) groups is 1. The molecule has 4 heteroatoms. The van der Waals surface area contributed by atoms with Crippen molar-refractivity contribution in [3.05, 3.63) is 59.7 Å². The maximum Gasteiger partial charge on any atom is 0.261 e. The number of nitrogens with one attached hydrogen (secondary N) is 1. The van der Waals surface area contributed by atoms with Gasteiger partial charge in [0.25, 0.3) is 5.91 Å². The second-order valence-electron chi connectivity index (χ2n) is 8.32. The number of rotatable bonds is 7. The topological polar surface area (TPSA) is 41.6 Å². The van der Waals surface area contributed by atoms with E-state index in [1.807, 2.05) is 45.0 Å². The molecule has 3 rings (SSSR count). The maximum atomic E-state index is 12.7. The van der Waals surface area contributed by atoms with E-state index in [-0.39, 0.29) is 11.9 Å². The molecule has 0 radical (unpaired) electrons. The van der Waals surface area contributed by atoms with Crippen molar-refractivity contribution in [3.63, 3.8) is 0 Å². The van der Waals surface area contributed by atoms with Gasteiger partial charge >= 0.3 is 0 Å². The number of amides is 1. The van der Waals surface area contributed by atoms with Crippen LogP contribution in [0.1, 0.15) is 57.2 Å². The van der Waals surface area contributed by atoms with Gasteiger partial charge in [-0.3, -0.25) is 4.79 Å². The number of aryl methyl sites for hydroxylation is 1. The Morgan fingerprint density at radius 2 is 1.86 bits per heavy atom. The highest BCUT2D eigenvalue weighted by Gasteiger charge is 2.21. The summed E-state index contributed by atoms with van der Waals surface area (Å²) in [5, 5.41) is 3.11. The highest BCUT2D eigenvalue weighted by Crippen LogP contribution is 2.25. The van der Waals surface area contributed by atoms with Crippen LogP contribution in [0.4, 0.5) is 5.69 Å². The van der Waals surface area contributed by atoms with Gasteiger partial charge in [0.15, 0.2) is 6.10 Å². The van der Waals surface area contributed by atoms with E-state index in [0.29, 0.717) is 6.42 Å². The van der Waals surface area contributed by atoms with E-state index < -0.39 is 6.10 Å². The molecule has 156 valence electrons. The summed E-state index contributed by atoms with van der Waals surface area (Å²) >= 11 is 0. The quantitative estimate of drug-likeness (QED) is 0.696. The minimum Gasteiger partial charge on any atom is -0.481 e. The molecule has 29 heavy (non-hydrogen) atoms. The van der Waals surface area contributed by atoms with Gasteiger partial charge in [0, 0.05) is 18.8 Å². The van der Waals surface area contributed by atoms with Crippen LogP contribution in [0.2, 0.25) is 0 Å². The third-order valence-electron chi connectivity index (χ3n) is 5.83. The first-order valence-corrected chi connectivity index (χ1v) is 10.8. The van der Waals surface area contributed by atoms with Gasteiger partial charge < -0.3 is 15.0 Å². The lowest BCUT2D eigenvalue weighted by Gasteiger charge is -2.32. The number of ether oxygens (including phenoxy) is 1. The first-order valence-electron chi connectivity index (χ1n) is 10.8. The Morgan fingerprint density at radius 1 is 1.17 bits per heavy atom. The summed E-state index contributed by atoms with van der Waals surface area (Å²) in [6.07, 6.45) is 2.65. The molecule has 1 aliphatic rings. The van der Waals surface area contributed by atoms with Crippen LogP contribution in [0.25, 0.3) is 0 Å². The molecule has 0 saturated carbocycles. The third kappa shape index (κ3) is 5.75. The fraction of sp³-hybridized carbons (Fsp3) is 0.480. The highest BCUT2D eigenvalue weighted by molar-refractivity contribution is 5.81. The molecule has 2 aromatic rings. The number of nitrogens with zero attached hydrogens (tertiary/aromatic N) is 1. The van der Waals surface area contributed by atoms with E-state index >= 15 is 0 Å². The summed E-state index contributed by atoms with van der Waals surface area (Å²) in [4.78, 5) is 15.2. The van der Waals surface area contributed by atoms with Gasteiger partial charge in [0.05, 0.1) is 6.04 Å². The zero-order valence-corrected chi connectivity index (χ0v) is 18.2. The Bertz CT molecular complexity index is 795. The molecule has 1 fully saturated rings. The second-order valence-corrected chi connectivity index (χ2v) is 8.32. The smallest absolute Gasteiger partial charge is 0.261 e. The minimum absolute atomic E-state index is 0.0620. The fourth-order valence-corrected chi connectivity index (χ4v) is 3.81. The highest BCUT2D eigenvalue weighted by atomic mass is 16.5. The number of benzene rings is 2. The van der Waals surface area contributed by atoms with E-state index in [1.54, 1.807) is 0 Å². The van der Waals surface area contributed by atoms with Crippen LogP contribution in [0.15, 0.2) is 48.5 Å². The van der Waals surface area contributed by atoms with Crippen LogP contribution in [-0.4, -0.2) is 25.1 Å². The lowest BCUT2D eigenvalue weighted by Crippen LogP contribution is -2.39. The van der Waals surface area contributed by atoms with Crippen LogP contribution in [-0.2, 0) is 4.79 Å². The van der Waals surface area contributed by atoms with Gasteiger partial charge in [0.2, 0.25) is 0 Å². The molecule has 1 heterocycles. The first-order chi connectivity index (χ1) is 14.0. The average Bonchev–Trinajstić information content (AvgIpc) is 2.72. The number of carbonyl (C=O) groups excluding carboxylic acids is 1. The molecule has 0 bridgehead atoms. The molecular formula is C25H34N2O2. The molecule has 0 spiro atoms. The van der Waals surface area contributed by atoms with Gasteiger partial charge in [0.1, 0.15) is 5.75 Å². The van der Waals surface area contributed by atoms with Crippen molar-refractivity contribution in [1.29, 1.82) is 0 Å². The lowest BCUT2D eigenvalue weighted by molar-refractivity contribution is -0.128. The van der Waals surface area contributed by atoms with Crippen molar-refractivity contribution in [3.8, 4) is 5.75 Å². The monoisotopic (exact) mass is 394 g/mol. The van der Waals surface area contributed by atoms with Gasteiger partial charge in [-0.05, 0) is 74.4 Å². The molecule has 1 aliphatic heterocycles. The molecule has 2 aromatic carbocycles. The van der Waals surface area contributed by atoms with Crippen molar-refractivity contribution in [2.45, 2.75) is 59.1 Å². The normalized spacial score (nSPS) is 16.9. The summed E-state index contributed by atoms with van der Waals surface area (Å²) in [5.41, 5.74) is 3.50. The van der Waals surface area contributed by atoms with Gasteiger partial charge in [-0.25, -0.2) is 0 Å². The standard InChI is InChI=1S/C25H34N2O2/c1-5-24(29-23-8-6-7-19(3)17-23)25(28)26-20(4)21-9-11-22(12-10-21)27-15-13-18(2)14-16-27/h6-12,17-18,20,24H,5,13-16H2,1-4H3,(H,26,28)/t20-,24+/m1/s1. The van der Waals surface area contributed by atoms with E-state index in [2.05, 4.69) is 41.4 Å². The predicted molar refractivity (Wildman–Crippen MR) is 119 cm³/mol. The first kappa shape index (κ1) is 21.2. The van der Waals surface area contributed by atoms with Crippen LogP contribution in [0.3, 0.4) is 0 Å². The molecule has 0 aliphatic carbocycles. The Hall–Kier alpha value is -2.49. The maximum absolute atomic E-state index is 12.7. The van der Waals surface area contributed by atoms with E-state index in [1.165, 1.54) is 18.5 Å². The largest absolute Gasteiger partial charge is 0.481 e. The van der Waals surface area contributed by atoms with Gasteiger partial charge in [-0.2, -0.15) is 0 Å². The fourth-order valence-electron chi connectivity index (χ4n) is 3.81. The summed E-state index contributed by atoms with van der Waals surface area (Å²) < 4.78 is 5.93. The molecule has 4 nitrogen and oxygen atoms in total. The molecule has 0 aromatic heterocycles. The Labute approximate surface area is 175 Å². The summed E-state index contributed by atoms with van der Waals surface area (Å²) in [6, 6.07) is 16.4. The zero-order chi connectivity index (χ0) is 20.8. The van der Waals surface area contributed by atoms with E-state index in [9.17, 15) is 4.79 Å². The number of hydrogen-bond acceptors (Lipinski definition) is 3. The van der Waals surface area contributed by atoms with Crippen molar-refractivity contribution < 1.29 is 9.53 Å². The third-order valence-corrected chi connectivity index (χ3v) is 5.83. The Morgan fingerprint density at radius 3 is 2.48 bits per heavy atom. The predicted octanol–water partition coefficient (Wildman–Crippen LogP) is 5.27. The average molecular weight is 395 g/mol. The Balaban J connectivity index is 1.58. The Kier molecular flexibility index (Phi) is 7.18. The summed E-state index contributed by atoms with van der Waals surface area (Å²) in [7, 11) is 0. The molecule has 1 amide bonds. The van der Waals surface area contributed by atoms with Gasteiger partial charge in [-0.15, -0.1) is 0 Å². The lowest BCUT2D eigenvalue weighted by atomic mass is 9.98. The summed E-state index contributed by atoms with van der Waals surface area (Å²) in [6.45, 7) is 10.6. The molecule has 0 unspecified atom stereocenters. The van der Waals surface area contributed by atoms with Gasteiger partial charge in [-0.1, -0.05) is 38.1 Å². The van der Waals surface area contributed by atoms with E-state index in [4.69, 9.17) is 4.74 Å². The molecule has 1 N–H and O–H groups in total. The van der Waals surface area contributed by atoms with Crippen LogP contribution in [0.5, 0.6) is 5.75 Å². The minimum atomic E-state index is -0.492.